The van der Waals surface area contributed by atoms with Crippen LogP contribution in [0.2, 0.25) is 5.02 Å². The van der Waals surface area contributed by atoms with E-state index in [2.05, 4.69) is 0 Å². The Morgan fingerprint density at radius 3 is 2.78 bits per heavy atom. The number of hydrogen-bond donors (Lipinski definition) is 0. The second-order valence-electron chi connectivity index (χ2n) is 3.47. The summed E-state index contributed by atoms with van der Waals surface area (Å²) >= 11 is 5.86. The zero-order valence-electron chi connectivity index (χ0n) is 9.24. The summed E-state index contributed by atoms with van der Waals surface area (Å²) in [7, 11) is 0. The highest BCUT2D eigenvalue weighted by molar-refractivity contribution is 7.92. The van der Waals surface area contributed by atoms with Crippen LogP contribution < -0.4 is 0 Å². The lowest BCUT2D eigenvalue weighted by molar-refractivity contribution is 0.602. The normalized spacial score (nSPS) is 12.2. The number of rotatable bonds is 2. The maximum absolute atomic E-state index is 13.8. The first-order valence-electron chi connectivity index (χ1n) is 4.85. The molecular weight excluding hydrogens is 293 g/mol. The van der Waals surface area contributed by atoms with E-state index in [1.54, 1.807) is 11.4 Å². The van der Waals surface area contributed by atoms with E-state index < -0.39 is 17.0 Å². The Morgan fingerprint density at radius 1 is 1.50 bits per heavy atom. The van der Waals surface area contributed by atoms with Crippen LogP contribution >= 0.6 is 22.9 Å². The van der Waals surface area contributed by atoms with Crippen molar-refractivity contribution >= 4 is 34.1 Å². The van der Waals surface area contributed by atoms with Gasteiger partial charge in [-0.25, -0.2) is 4.39 Å². The highest BCUT2D eigenvalue weighted by atomic mass is 35.5. The first-order valence-corrected chi connectivity index (χ1v) is 7.67. The summed E-state index contributed by atoms with van der Waals surface area (Å²) in [5.74, 6) is -0.495. The molecule has 0 aliphatic carbocycles. The molecule has 2 nitrogen and oxygen atoms in total. The van der Waals surface area contributed by atoms with Crippen LogP contribution in [0.3, 0.4) is 0 Å². The van der Waals surface area contributed by atoms with Gasteiger partial charge in [0, 0.05) is 16.5 Å². The van der Waals surface area contributed by atoms with E-state index in [0.29, 0.717) is 9.77 Å². The van der Waals surface area contributed by atoms with E-state index >= 15 is 0 Å². The minimum Gasteiger partial charge on any atom is -0.611 e. The number of nitriles is 1. The summed E-state index contributed by atoms with van der Waals surface area (Å²) in [4.78, 5) is 0. The largest absolute Gasteiger partial charge is 0.611 e. The van der Waals surface area contributed by atoms with Crippen molar-refractivity contribution in [2.45, 2.75) is 4.21 Å². The summed E-state index contributed by atoms with van der Waals surface area (Å²) in [6.07, 6.45) is 1.49. The minimum atomic E-state index is -1.28. The van der Waals surface area contributed by atoms with Gasteiger partial charge in [-0.2, -0.15) is 5.26 Å². The second kappa shape index (κ2) is 5.29. The highest BCUT2D eigenvalue weighted by Gasteiger charge is 2.23. The summed E-state index contributed by atoms with van der Waals surface area (Å²) in [6, 6.07) is 6.31. The van der Waals surface area contributed by atoms with Crippen molar-refractivity contribution in [1.29, 1.82) is 5.26 Å². The molecule has 0 saturated carbocycles. The van der Waals surface area contributed by atoms with Crippen LogP contribution in [0, 0.1) is 17.1 Å². The Kier molecular flexibility index (Phi) is 3.93. The molecule has 2 rings (SSSR count). The Hall–Kier alpha value is -1.06. The van der Waals surface area contributed by atoms with Gasteiger partial charge < -0.3 is 4.55 Å². The molecule has 1 aromatic carbocycles. The molecular formula is C12H7ClFNOS2. The highest BCUT2D eigenvalue weighted by Crippen LogP contribution is 2.38. The van der Waals surface area contributed by atoms with E-state index in [1.165, 1.54) is 29.7 Å². The lowest BCUT2D eigenvalue weighted by atomic mass is 10.0. The quantitative estimate of drug-likeness (QED) is 0.792. The fraction of sp³-hybridized carbons (Fsp3) is 0.0833. The maximum atomic E-state index is 13.8. The number of hydrogen-bond acceptors (Lipinski definition) is 3. The van der Waals surface area contributed by atoms with Gasteiger partial charge in [-0.1, -0.05) is 29.0 Å². The molecule has 18 heavy (non-hydrogen) atoms. The molecule has 0 aliphatic heterocycles. The predicted octanol–water partition coefficient (Wildman–Crippen LogP) is 3.82. The molecule has 0 fully saturated rings. The van der Waals surface area contributed by atoms with E-state index in [-0.39, 0.29) is 16.1 Å². The van der Waals surface area contributed by atoms with Gasteiger partial charge >= 0.3 is 0 Å². The van der Waals surface area contributed by atoms with Crippen molar-refractivity contribution in [3.63, 3.8) is 0 Å². The van der Waals surface area contributed by atoms with E-state index in [9.17, 15) is 8.94 Å². The number of benzene rings is 1. The van der Waals surface area contributed by atoms with E-state index in [1.807, 2.05) is 6.07 Å². The molecule has 1 unspecified atom stereocenters. The molecule has 0 N–H and O–H groups in total. The van der Waals surface area contributed by atoms with Gasteiger partial charge in [0.15, 0.2) is 0 Å². The first kappa shape index (κ1) is 13.4. The molecule has 6 heteroatoms. The zero-order chi connectivity index (χ0) is 13.3. The third-order valence-corrected chi connectivity index (χ3v) is 5.17. The van der Waals surface area contributed by atoms with Crippen LogP contribution in [0.5, 0.6) is 0 Å². The smallest absolute Gasteiger partial charge is 0.224 e. The predicted molar refractivity (Wildman–Crippen MR) is 71.8 cm³/mol. The Labute approximate surface area is 116 Å². The molecule has 0 spiro atoms. The van der Waals surface area contributed by atoms with Crippen molar-refractivity contribution in [3.05, 3.63) is 40.0 Å². The van der Waals surface area contributed by atoms with Gasteiger partial charge in [0.2, 0.25) is 4.21 Å². The third-order valence-electron chi connectivity index (χ3n) is 2.36. The van der Waals surface area contributed by atoms with Crippen LogP contribution in [0.25, 0.3) is 11.1 Å². The maximum Gasteiger partial charge on any atom is 0.224 e. The topological polar surface area (TPSA) is 46.8 Å². The average molecular weight is 300 g/mol. The molecule has 2 aromatic rings. The molecule has 92 valence electrons. The summed E-state index contributed by atoms with van der Waals surface area (Å²) in [6.45, 7) is 0. The SMILES string of the molecule is C[S+]([O-])c1scc(-c2c(F)cccc2Cl)c1C#N. The van der Waals surface area contributed by atoms with Crippen molar-refractivity contribution in [2.75, 3.05) is 6.26 Å². The number of nitrogens with zero attached hydrogens (tertiary/aromatic N) is 1. The van der Waals surface area contributed by atoms with Gasteiger partial charge in [0.1, 0.15) is 23.7 Å². The van der Waals surface area contributed by atoms with E-state index in [4.69, 9.17) is 16.9 Å². The molecule has 1 heterocycles. The second-order valence-corrected chi connectivity index (χ2v) is 6.34. The third kappa shape index (κ3) is 2.25. The minimum absolute atomic E-state index is 0.184. The van der Waals surface area contributed by atoms with Crippen LogP contribution in [0.15, 0.2) is 27.8 Å². The first-order chi connectivity index (χ1) is 8.56. The molecule has 0 aliphatic rings. The van der Waals surface area contributed by atoms with Crippen LogP contribution in [0.4, 0.5) is 4.39 Å². The number of halogens is 2. The van der Waals surface area contributed by atoms with Gasteiger partial charge in [-0.3, -0.25) is 0 Å². The van der Waals surface area contributed by atoms with Gasteiger partial charge in [0.25, 0.3) is 0 Å². The van der Waals surface area contributed by atoms with Crippen LogP contribution in [-0.2, 0) is 11.2 Å². The summed E-state index contributed by atoms with van der Waals surface area (Å²) < 4.78 is 25.7. The summed E-state index contributed by atoms with van der Waals surface area (Å²) in [5, 5.41) is 11.0. The fourth-order valence-electron chi connectivity index (χ4n) is 1.60. The molecule has 1 aromatic heterocycles. The van der Waals surface area contributed by atoms with Crippen molar-refractivity contribution in [1.82, 2.24) is 0 Å². The van der Waals surface area contributed by atoms with Gasteiger partial charge in [-0.15, -0.1) is 0 Å². The monoisotopic (exact) mass is 299 g/mol. The molecule has 1 atom stereocenters. The number of thiophene rings is 1. The lowest BCUT2D eigenvalue weighted by Gasteiger charge is -2.05. The van der Waals surface area contributed by atoms with Crippen LogP contribution in [0.1, 0.15) is 5.56 Å². The average Bonchev–Trinajstić information content (AvgIpc) is 2.72. The van der Waals surface area contributed by atoms with Crippen molar-refractivity contribution in [3.8, 4) is 17.2 Å². The fourth-order valence-corrected chi connectivity index (χ4v) is 3.72. The van der Waals surface area contributed by atoms with Gasteiger partial charge in [-0.05, 0) is 23.3 Å². The molecule has 0 saturated heterocycles. The van der Waals surface area contributed by atoms with Crippen LogP contribution in [-0.4, -0.2) is 10.8 Å². The lowest BCUT2D eigenvalue weighted by Crippen LogP contribution is -1.97. The Balaban J connectivity index is 2.70. The van der Waals surface area contributed by atoms with E-state index in [0.717, 1.165) is 0 Å². The Morgan fingerprint density at radius 2 is 2.22 bits per heavy atom. The molecule has 0 amide bonds. The van der Waals surface area contributed by atoms with Gasteiger partial charge in [0.05, 0.1) is 5.02 Å². The van der Waals surface area contributed by atoms with Crippen molar-refractivity contribution in [2.24, 2.45) is 0 Å². The Bertz CT molecular complexity index is 613. The summed E-state index contributed by atoms with van der Waals surface area (Å²) in [5.41, 5.74) is 0.812. The molecule has 0 bridgehead atoms. The standard InChI is InChI=1S/C12H7ClFNOS2/c1-18(16)12-7(5-15)8(6-17-12)11-9(13)3-2-4-10(11)14/h2-4,6H,1H3. The molecule has 0 radical (unpaired) electrons. The zero-order valence-corrected chi connectivity index (χ0v) is 11.6. The van der Waals surface area contributed by atoms with Crippen molar-refractivity contribution < 1.29 is 8.94 Å².